The van der Waals surface area contributed by atoms with Crippen LogP contribution in [-0.4, -0.2) is 44.7 Å². The fourth-order valence-electron chi connectivity index (χ4n) is 3.45. The van der Waals surface area contributed by atoms with Crippen molar-refractivity contribution in [2.45, 2.75) is 83.0 Å². The van der Waals surface area contributed by atoms with Crippen LogP contribution in [0, 0.1) is 11.8 Å². The summed E-state index contributed by atoms with van der Waals surface area (Å²) in [5.41, 5.74) is 0. The second-order valence-electron chi connectivity index (χ2n) is 6.67. The number of hydrogen-bond acceptors (Lipinski definition) is 4. The number of aliphatic carboxylic acids is 1. The van der Waals surface area contributed by atoms with Gasteiger partial charge >= 0.3 is 5.97 Å². The van der Waals surface area contributed by atoms with E-state index in [0.29, 0.717) is 12.8 Å². The van der Waals surface area contributed by atoms with E-state index >= 15 is 0 Å². The molecule has 5 atom stereocenters. The Hall–Kier alpha value is -0.910. The number of hydrogen-bond donors (Lipinski definition) is 4. The molecule has 0 saturated heterocycles. The van der Waals surface area contributed by atoms with Crippen LogP contribution in [-0.2, 0) is 4.79 Å². The molecule has 1 rings (SSSR count). The Labute approximate surface area is 139 Å². The van der Waals surface area contributed by atoms with Gasteiger partial charge in [-0.3, -0.25) is 4.79 Å². The van der Waals surface area contributed by atoms with Crippen LogP contribution in [0.2, 0.25) is 0 Å². The molecule has 0 radical (unpaired) electrons. The Morgan fingerprint density at radius 1 is 1.13 bits per heavy atom. The first-order chi connectivity index (χ1) is 11.0. The number of aliphatic hydroxyl groups excluding tert-OH is 3. The summed E-state index contributed by atoms with van der Waals surface area (Å²) in [5, 5.41) is 38.4. The fourth-order valence-corrected chi connectivity index (χ4v) is 3.45. The molecule has 0 bridgehead atoms. The maximum atomic E-state index is 10.4. The summed E-state index contributed by atoms with van der Waals surface area (Å²) >= 11 is 0. The van der Waals surface area contributed by atoms with Crippen LogP contribution in [0.5, 0.6) is 0 Å². The number of carboxylic acids is 1. The van der Waals surface area contributed by atoms with Crippen molar-refractivity contribution in [1.82, 2.24) is 0 Å². The Morgan fingerprint density at radius 3 is 2.43 bits per heavy atom. The molecule has 1 saturated carbocycles. The van der Waals surface area contributed by atoms with Gasteiger partial charge in [-0.05, 0) is 18.8 Å². The molecule has 0 spiro atoms. The molecule has 23 heavy (non-hydrogen) atoms. The Bertz CT molecular complexity index is 368. The van der Waals surface area contributed by atoms with Gasteiger partial charge in [-0.1, -0.05) is 51.2 Å². The van der Waals surface area contributed by atoms with E-state index in [1.54, 1.807) is 6.08 Å². The van der Waals surface area contributed by atoms with Crippen LogP contribution in [0.1, 0.15) is 64.7 Å². The molecule has 0 aromatic carbocycles. The topological polar surface area (TPSA) is 98.0 Å². The van der Waals surface area contributed by atoms with Crippen LogP contribution in [0.3, 0.4) is 0 Å². The van der Waals surface area contributed by atoms with E-state index in [1.807, 2.05) is 13.0 Å². The summed E-state index contributed by atoms with van der Waals surface area (Å²) in [7, 11) is 0. The molecule has 4 N–H and O–H groups in total. The highest BCUT2D eigenvalue weighted by molar-refractivity contribution is 5.66. The van der Waals surface area contributed by atoms with Gasteiger partial charge < -0.3 is 20.4 Å². The molecule has 0 aromatic rings. The maximum Gasteiger partial charge on any atom is 0.303 e. The van der Waals surface area contributed by atoms with Crippen LogP contribution in [0.25, 0.3) is 0 Å². The lowest BCUT2D eigenvalue weighted by Crippen LogP contribution is -2.20. The molecule has 5 nitrogen and oxygen atoms in total. The van der Waals surface area contributed by atoms with Crippen molar-refractivity contribution in [2.24, 2.45) is 11.8 Å². The second-order valence-corrected chi connectivity index (χ2v) is 6.67. The number of rotatable bonds is 11. The highest BCUT2D eigenvalue weighted by Gasteiger charge is 2.38. The zero-order valence-electron chi connectivity index (χ0n) is 14.1. The lowest BCUT2D eigenvalue weighted by Gasteiger charge is -2.19. The first-order valence-corrected chi connectivity index (χ1v) is 8.90. The van der Waals surface area contributed by atoms with E-state index in [-0.39, 0.29) is 18.3 Å². The van der Waals surface area contributed by atoms with E-state index in [1.165, 1.54) is 0 Å². The monoisotopic (exact) mass is 328 g/mol. The van der Waals surface area contributed by atoms with Crippen LogP contribution in [0.4, 0.5) is 0 Å². The van der Waals surface area contributed by atoms with Gasteiger partial charge in [-0.15, -0.1) is 0 Å². The molecule has 0 aliphatic heterocycles. The van der Waals surface area contributed by atoms with Crippen molar-refractivity contribution in [3.63, 3.8) is 0 Å². The quantitative estimate of drug-likeness (QED) is 0.345. The smallest absolute Gasteiger partial charge is 0.303 e. The van der Waals surface area contributed by atoms with Gasteiger partial charge in [0.1, 0.15) is 0 Å². The number of carboxylic acid groups (broad SMARTS) is 1. The Kier molecular flexibility index (Phi) is 9.44. The summed E-state index contributed by atoms with van der Waals surface area (Å²) in [6.07, 6.45) is 8.81. The molecular formula is C18H32O5. The lowest BCUT2D eigenvalue weighted by molar-refractivity contribution is -0.137. The molecule has 0 aromatic heterocycles. The van der Waals surface area contributed by atoms with E-state index in [9.17, 15) is 20.1 Å². The largest absolute Gasteiger partial charge is 0.481 e. The van der Waals surface area contributed by atoms with Crippen molar-refractivity contribution in [3.05, 3.63) is 12.2 Å². The second kappa shape index (κ2) is 10.8. The lowest BCUT2D eigenvalue weighted by atomic mass is 9.90. The highest BCUT2D eigenvalue weighted by atomic mass is 16.4. The fraction of sp³-hybridized carbons (Fsp3) is 0.833. The standard InChI is InChI=1S/C18H32O5/c1-2-14-15(17(21)12-16(14)20)11-10-13(19)8-6-4-3-5-7-9-18(22)23/h10-11,13-17,19-21H,2-9,12H2,1H3,(H,22,23)/b11-10+/t13-,14-,15+,16-,17+/m1/s1. The number of aliphatic hydroxyl groups is 3. The van der Waals surface area contributed by atoms with Gasteiger partial charge in [0.25, 0.3) is 0 Å². The molecule has 1 aliphatic rings. The third-order valence-corrected chi connectivity index (χ3v) is 4.83. The zero-order valence-corrected chi connectivity index (χ0v) is 14.1. The van der Waals surface area contributed by atoms with Gasteiger partial charge in [-0.2, -0.15) is 0 Å². The average Bonchev–Trinajstić information content (AvgIpc) is 2.76. The van der Waals surface area contributed by atoms with Crippen molar-refractivity contribution < 1.29 is 25.2 Å². The third kappa shape index (κ3) is 7.46. The molecule has 1 aliphatic carbocycles. The highest BCUT2D eigenvalue weighted by Crippen LogP contribution is 2.35. The molecule has 0 unspecified atom stereocenters. The predicted octanol–water partition coefficient (Wildman–Crippen LogP) is 2.49. The molecular weight excluding hydrogens is 296 g/mol. The molecule has 0 heterocycles. The summed E-state index contributed by atoms with van der Waals surface area (Å²) < 4.78 is 0. The first-order valence-electron chi connectivity index (χ1n) is 8.90. The van der Waals surface area contributed by atoms with E-state index in [0.717, 1.165) is 38.5 Å². The van der Waals surface area contributed by atoms with E-state index < -0.39 is 24.3 Å². The average molecular weight is 328 g/mol. The Balaban J connectivity index is 2.18. The summed E-state index contributed by atoms with van der Waals surface area (Å²) in [6.45, 7) is 2.01. The zero-order chi connectivity index (χ0) is 17.2. The first kappa shape index (κ1) is 20.1. The minimum absolute atomic E-state index is 0.0688. The van der Waals surface area contributed by atoms with Crippen molar-refractivity contribution in [2.75, 3.05) is 0 Å². The molecule has 5 heteroatoms. The van der Waals surface area contributed by atoms with Crippen LogP contribution >= 0.6 is 0 Å². The SMILES string of the molecule is CC[C@@H]1[C@H](/C=C/[C@H](O)CCCCCCCC(=O)O)[C@@H](O)C[C@H]1O. The van der Waals surface area contributed by atoms with Crippen molar-refractivity contribution in [1.29, 1.82) is 0 Å². The maximum absolute atomic E-state index is 10.4. The number of carbonyl (C=O) groups is 1. The normalized spacial score (nSPS) is 29.2. The minimum atomic E-state index is -0.741. The summed E-state index contributed by atoms with van der Waals surface area (Å²) in [5.74, 6) is -0.737. The minimum Gasteiger partial charge on any atom is -0.481 e. The number of unbranched alkanes of at least 4 members (excludes halogenated alkanes) is 4. The van der Waals surface area contributed by atoms with E-state index in [2.05, 4.69) is 0 Å². The van der Waals surface area contributed by atoms with Gasteiger partial charge in [-0.25, -0.2) is 0 Å². The summed E-state index contributed by atoms with van der Waals surface area (Å²) in [6, 6.07) is 0. The van der Waals surface area contributed by atoms with Gasteiger partial charge in [0, 0.05) is 18.8 Å². The van der Waals surface area contributed by atoms with Crippen LogP contribution in [0.15, 0.2) is 12.2 Å². The van der Waals surface area contributed by atoms with Crippen molar-refractivity contribution in [3.8, 4) is 0 Å². The van der Waals surface area contributed by atoms with Crippen LogP contribution < -0.4 is 0 Å². The van der Waals surface area contributed by atoms with Gasteiger partial charge in [0.2, 0.25) is 0 Å². The van der Waals surface area contributed by atoms with Gasteiger partial charge in [0.05, 0.1) is 18.3 Å². The summed E-state index contributed by atoms with van der Waals surface area (Å²) in [4.78, 5) is 10.4. The molecule has 134 valence electrons. The third-order valence-electron chi connectivity index (χ3n) is 4.83. The van der Waals surface area contributed by atoms with E-state index in [4.69, 9.17) is 5.11 Å². The molecule has 1 fully saturated rings. The Morgan fingerprint density at radius 2 is 1.78 bits per heavy atom. The molecule has 0 amide bonds. The van der Waals surface area contributed by atoms with Crippen molar-refractivity contribution >= 4 is 5.97 Å². The van der Waals surface area contributed by atoms with Gasteiger partial charge in [0.15, 0.2) is 0 Å². The predicted molar refractivity (Wildman–Crippen MR) is 89.0 cm³/mol.